The molecule has 84 valence electrons. The molecule has 8 heteroatoms. The largest absolute Gasteiger partial charge is 0.479 e. The van der Waals surface area contributed by atoms with E-state index >= 15 is 0 Å². The summed E-state index contributed by atoms with van der Waals surface area (Å²) in [7, 11) is 0. The normalized spacial score (nSPS) is 19.8. The number of carbonyl (C=O) groups is 1. The molecule has 0 spiro atoms. The molecule has 0 aliphatic heterocycles. The molecule has 0 saturated heterocycles. The van der Waals surface area contributed by atoms with E-state index in [-0.39, 0.29) is 0 Å². The summed E-state index contributed by atoms with van der Waals surface area (Å²) in [5.74, 6) is -1.60. The molecule has 0 aliphatic carbocycles. The number of aliphatic carboxylic acids is 1. The van der Waals surface area contributed by atoms with Crippen LogP contribution in [-0.2, 0) is 9.08 Å². The molecule has 0 rings (SSSR count). The van der Waals surface area contributed by atoms with Gasteiger partial charge in [-0.2, -0.15) is 0 Å². The summed E-state index contributed by atoms with van der Waals surface area (Å²) in [6.45, 7) is -0.827. The zero-order valence-electron chi connectivity index (χ0n) is 6.95. The van der Waals surface area contributed by atoms with E-state index in [0.717, 1.165) is 0 Å². The maximum Gasteiger partial charge on any atom is 0.337 e. The number of carboxylic acid groups (broad SMARTS) is 1. The minimum atomic E-state index is -1.94. The van der Waals surface area contributed by atoms with Gasteiger partial charge in [0.1, 0.15) is 18.3 Å². The summed E-state index contributed by atoms with van der Waals surface area (Å²) < 4.78 is 3.86. The second-order valence-electron chi connectivity index (χ2n) is 2.58. The van der Waals surface area contributed by atoms with Gasteiger partial charge in [0, 0.05) is 0 Å². The van der Waals surface area contributed by atoms with Gasteiger partial charge in [-0.15, -0.1) is 0 Å². The first-order chi connectivity index (χ1) is 6.45. The van der Waals surface area contributed by atoms with Gasteiger partial charge in [-0.3, -0.25) is 4.29 Å². The van der Waals surface area contributed by atoms with Gasteiger partial charge in [0.05, 0.1) is 18.5 Å². The van der Waals surface area contributed by atoms with Crippen LogP contribution in [0.4, 0.5) is 0 Å². The van der Waals surface area contributed by atoms with E-state index in [0.29, 0.717) is 0 Å². The van der Waals surface area contributed by atoms with Gasteiger partial charge in [-0.25, -0.2) is 4.79 Å². The predicted octanol–water partition coefficient (Wildman–Crippen LogP) is -2.31. The molecule has 0 fully saturated rings. The smallest absolute Gasteiger partial charge is 0.337 e. The van der Waals surface area contributed by atoms with Gasteiger partial charge in [0.25, 0.3) is 0 Å². The van der Waals surface area contributed by atoms with Crippen LogP contribution in [0.15, 0.2) is 0 Å². The molecule has 0 amide bonds. The lowest BCUT2D eigenvalue weighted by atomic mass is 10.0. The summed E-state index contributed by atoms with van der Waals surface area (Å²) in [6, 6.07) is 0. The highest BCUT2D eigenvalue weighted by Gasteiger charge is 2.36. The van der Waals surface area contributed by atoms with E-state index < -0.39 is 37.0 Å². The summed E-state index contributed by atoms with van der Waals surface area (Å²) in [4.78, 5) is 10.4. The van der Waals surface area contributed by atoms with Crippen LogP contribution in [0, 0.1) is 0 Å². The monoisotopic (exact) mass is 230 g/mol. The SMILES string of the molecule is O=C(O)[C@H](OCl)[C@@H](O)[C@H](O)[C@H](O)CO. The van der Waals surface area contributed by atoms with E-state index in [4.69, 9.17) is 37.4 Å². The predicted molar refractivity (Wildman–Crippen MR) is 43.5 cm³/mol. The van der Waals surface area contributed by atoms with Crippen molar-refractivity contribution in [3.05, 3.63) is 0 Å². The standard InChI is InChI=1S/C6H11ClO7/c7-14-5(6(12)13)4(11)3(10)2(9)1-8/h2-5,8-11H,1H2,(H,12,13)/t2-,3-,4+,5-/m1/s1. The lowest BCUT2D eigenvalue weighted by molar-refractivity contribution is -0.160. The molecule has 0 bridgehead atoms. The van der Waals surface area contributed by atoms with Crippen molar-refractivity contribution in [2.24, 2.45) is 0 Å². The van der Waals surface area contributed by atoms with E-state index in [2.05, 4.69) is 4.29 Å². The molecule has 0 aromatic heterocycles. The quantitative estimate of drug-likeness (QED) is 0.347. The molecule has 0 aromatic rings. The van der Waals surface area contributed by atoms with Gasteiger partial charge >= 0.3 is 5.97 Å². The number of hydrogen-bond acceptors (Lipinski definition) is 6. The minimum absolute atomic E-state index is 0.827. The fourth-order valence-electron chi connectivity index (χ4n) is 0.752. The first-order valence-corrected chi connectivity index (χ1v) is 3.91. The second kappa shape index (κ2) is 6.12. The van der Waals surface area contributed by atoms with Crippen molar-refractivity contribution >= 4 is 17.8 Å². The molecular weight excluding hydrogens is 220 g/mol. The van der Waals surface area contributed by atoms with Crippen LogP contribution >= 0.6 is 11.9 Å². The molecule has 14 heavy (non-hydrogen) atoms. The highest BCUT2D eigenvalue weighted by Crippen LogP contribution is 2.10. The number of rotatable bonds is 6. The zero-order chi connectivity index (χ0) is 11.3. The van der Waals surface area contributed by atoms with E-state index in [1.807, 2.05) is 0 Å². The van der Waals surface area contributed by atoms with Gasteiger partial charge in [-0.1, -0.05) is 0 Å². The van der Waals surface area contributed by atoms with Gasteiger partial charge in [-0.05, 0) is 0 Å². The molecule has 0 heterocycles. The number of hydrogen-bond donors (Lipinski definition) is 5. The third kappa shape index (κ3) is 3.37. The Hall–Kier alpha value is -0.440. The van der Waals surface area contributed by atoms with Crippen molar-refractivity contribution in [3.63, 3.8) is 0 Å². The van der Waals surface area contributed by atoms with Crippen molar-refractivity contribution in [1.29, 1.82) is 0 Å². The van der Waals surface area contributed by atoms with Gasteiger partial charge < -0.3 is 25.5 Å². The number of aliphatic hydroxyl groups is 4. The molecule has 7 nitrogen and oxygen atoms in total. The van der Waals surface area contributed by atoms with Crippen LogP contribution in [0.3, 0.4) is 0 Å². The fraction of sp³-hybridized carbons (Fsp3) is 0.833. The Bertz CT molecular complexity index is 187. The molecule has 0 radical (unpaired) electrons. The van der Waals surface area contributed by atoms with Crippen molar-refractivity contribution in [2.75, 3.05) is 6.61 Å². The second-order valence-corrected chi connectivity index (χ2v) is 2.76. The molecular formula is C6H11ClO7. The van der Waals surface area contributed by atoms with E-state index in [9.17, 15) is 4.79 Å². The average Bonchev–Trinajstić information content (AvgIpc) is 2.15. The summed E-state index contributed by atoms with van der Waals surface area (Å²) in [5, 5.41) is 43.9. The Balaban J connectivity index is 4.41. The third-order valence-electron chi connectivity index (χ3n) is 1.58. The van der Waals surface area contributed by atoms with Gasteiger partial charge in [0.2, 0.25) is 6.10 Å². The molecule has 0 aromatic carbocycles. The Morgan fingerprint density at radius 3 is 2.07 bits per heavy atom. The lowest BCUT2D eigenvalue weighted by Crippen LogP contribution is -2.48. The van der Waals surface area contributed by atoms with E-state index in [1.165, 1.54) is 0 Å². The van der Waals surface area contributed by atoms with Crippen molar-refractivity contribution in [3.8, 4) is 0 Å². The molecule has 0 aliphatic rings. The Labute approximate surface area is 84.3 Å². The van der Waals surface area contributed by atoms with Crippen LogP contribution in [0.2, 0.25) is 0 Å². The first-order valence-electron chi connectivity index (χ1n) is 3.61. The van der Waals surface area contributed by atoms with Crippen molar-refractivity contribution in [2.45, 2.75) is 24.4 Å². The van der Waals surface area contributed by atoms with E-state index in [1.54, 1.807) is 0 Å². The maximum absolute atomic E-state index is 10.4. The molecule has 4 atom stereocenters. The first kappa shape index (κ1) is 13.6. The molecule has 0 saturated carbocycles. The van der Waals surface area contributed by atoms with Gasteiger partial charge in [0.15, 0.2) is 0 Å². The third-order valence-corrected chi connectivity index (χ3v) is 1.77. The number of halogens is 1. The summed E-state index contributed by atoms with van der Waals surface area (Å²) in [5.41, 5.74) is 0. The van der Waals surface area contributed by atoms with Crippen molar-refractivity contribution in [1.82, 2.24) is 0 Å². The van der Waals surface area contributed by atoms with Crippen LogP contribution in [-0.4, -0.2) is 62.5 Å². The molecule has 0 unspecified atom stereocenters. The van der Waals surface area contributed by atoms with Crippen LogP contribution < -0.4 is 0 Å². The number of carboxylic acids is 1. The Morgan fingerprint density at radius 1 is 1.29 bits per heavy atom. The lowest BCUT2D eigenvalue weighted by Gasteiger charge is -2.24. The van der Waals surface area contributed by atoms with Crippen LogP contribution in [0.25, 0.3) is 0 Å². The Morgan fingerprint density at radius 2 is 1.79 bits per heavy atom. The summed E-state index contributed by atoms with van der Waals surface area (Å²) in [6.07, 6.45) is -7.35. The highest BCUT2D eigenvalue weighted by molar-refractivity contribution is 6.08. The summed E-state index contributed by atoms with van der Waals surface area (Å²) >= 11 is 4.75. The highest BCUT2D eigenvalue weighted by atomic mass is 35.5. The van der Waals surface area contributed by atoms with Crippen molar-refractivity contribution < 1.29 is 34.6 Å². The molecule has 5 N–H and O–H groups in total. The topological polar surface area (TPSA) is 127 Å². The maximum atomic E-state index is 10.4. The average molecular weight is 231 g/mol. The van der Waals surface area contributed by atoms with Crippen LogP contribution in [0.1, 0.15) is 0 Å². The Kier molecular flexibility index (Phi) is 5.93. The minimum Gasteiger partial charge on any atom is -0.479 e. The number of aliphatic hydroxyl groups excluding tert-OH is 4. The fourth-order valence-corrected chi connectivity index (χ4v) is 0.933. The van der Waals surface area contributed by atoms with Crippen LogP contribution in [0.5, 0.6) is 0 Å². The zero-order valence-corrected chi connectivity index (χ0v) is 7.70.